The Hall–Kier alpha value is -0.840. The molecule has 0 amide bonds. The van der Waals surface area contributed by atoms with Crippen LogP contribution in [0.15, 0.2) is 6.07 Å². The molecular formula is C10H13Cl2NO3. The highest BCUT2D eigenvalue weighted by molar-refractivity contribution is 6.41. The smallest absolute Gasteiger partial charge is 0.143 e. The first kappa shape index (κ1) is 13.2. The maximum atomic E-state index is 9.27. The van der Waals surface area contributed by atoms with Crippen molar-refractivity contribution in [3.63, 3.8) is 0 Å². The highest BCUT2D eigenvalue weighted by atomic mass is 35.5. The summed E-state index contributed by atoms with van der Waals surface area (Å²) in [5.74, 6) is 0.845. The van der Waals surface area contributed by atoms with E-state index in [1.165, 1.54) is 14.2 Å². The van der Waals surface area contributed by atoms with Crippen molar-refractivity contribution < 1.29 is 14.6 Å². The standard InChI is InChI=1S/C10H13Cl2NO3/c1-5(14)13-10-8(11)6(15-2)4-7(16-3)9(10)12/h4-5,13-14H,1-3H3. The van der Waals surface area contributed by atoms with Gasteiger partial charge >= 0.3 is 0 Å². The third-order valence-corrected chi connectivity index (χ3v) is 2.68. The molecule has 4 nitrogen and oxygen atoms in total. The van der Waals surface area contributed by atoms with Gasteiger partial charge in [-0.05, 0) is 6.92 Å². The van der Waals surface area contributed by atoms with Gasteiger partial charge in [0.1, 0.15) is 27.8 Å². The first-order valence-electron chi connectivity index (χ1n) is 4.55. The zero-order valence-electron chi connectivity index (χ0n) is 9.17. The lowest BCUT2D eigenvalue weighted by molar-refractivity contribution is 0.224. The lowest BCUT2D eigenvalue weighted by atomic mass is 10.2. The van der Waals surface area contributed by atoms with Crippen molar-refractivity contribution in [2.24, 2.45) is 0 Å². The third kappa shape index (κ3) is 2.64. The minimum Gasteiger partial charge on any atom is -0.495 e. The number of halogens is 2. The van der Waals surface area contributed by atoms with Crippen LogP contribution in [0, 0.1) is 0 Å². The van der Waals surface area contributed by atoms with Gasteiger partial charge in [0.2, 0.25) is 0 Å². The molecule has 0 bridgehead atoms. The molecule has 0 heterocycles. The summed E-state index contributed by atoms with van der Waals surface area (Å²) in [5.41, 5.74) is 0.384. The molecule has 90 valence electrons. The maximum absolute atomic E-state index is 9.27. The van der Waals surface area contributed by atoms with Gasteiger partial charge < -0.3 is 19.9 Å². The average Bonchev–Trinajstić information content (AvgIpc) is 2.24. The van der Waals surface area contributed by atoms with E-state index in [1.54, 1.807) is 13.0 Å². The highest BCUT2D eigenvalue weighted by Crippen LogP contribution is 2.44. The van der Waals surface area contributed by atoms with Gasteiger partial charge in [0, 0.05) is 6.07 Å². The van der Waals surface area contributed by atoms with Crippen LogP contribution in [0.1, 0.15) is 6.92 Å². The number of ether oxygens (including phenoxy) is 2. The van der Waals surface area contributed by atoms with E-state index in [4.69, 9.17) is 32.7 Å². The monoisotopic (exact) mass is 265 g/mol. The predicted molar refractivity (Wildman–Crippen MR) is 64.9 cm³/mol. The minimum atomic E-state index is -0.785. The van der Waals surface area contributed by atoms with Crippen LogP contribution in [0.4, 0.5) is 5.69 Å². The number of benzene rings is 1. The van der Waals surface area contributed by atoms with Crippen LogP contribution >= 0.6 is 23.2 Å². The molecule has 0 spiro atoms. The molecule has 1 aromatic carbocycles. The summed E-state index contributed by atoms with van der Waals surface area (Å²) < 4.78 is 10.1. The number of anilines is 1. The van der Waals surface area contributed by atoms with Crippen molar-refractivity contribution in [1.82, 2.24) is 0 Å². The molecular weight excluding hydrogens is 253 g/mol. The summed E-state index contributed by atoms with van der Waals surface area (Å²) in [6.07, 6.45) is -0.785. The first-order chi connectivity index (χ1) is 7.51. The second kappa shape index (κ2) is 5.48. The van der Waals surface area contributed by atoms with Gasteiger partial charge in [-0.15, -0.1) is 0 Å². The lowest BCUT2D eigenvalue weighted by Gasteiger charge is -2.17. The van der Waals surface area contributed by atoms with Crippen molar-refractivity contribution in [2.45, 2.75) is 13.2 Å². The van der Waals surface area contributed by atoms with E-state index in [0.29, 0.717) is 27.2 Å². The molecule has 1 unspecified atom stereocenters. The van der Waals surface area contributed by atoms with Crippen LogP contribution in [-0.4, -0.2) is 25.6 Å². The van der Waals surface area contributed by atoms with Crippen LogP contribution in [0.2, 0.25) is 10.0 Å². The number of methoxy groups -OCH3 is 2. The molecule has 0 aliphatic rings. The molecule has 1 rings (SSSR count). The van der Waals surface area contributed by atoms with E-state index in [9.17, 15) is 5.11 Å². The third-order valence-electron chi connectivity index (χ3n) is 1.93. The van der Waals surface area contributed by atoms with Crippen LogP contribution in [0.5, 0.6) is 11.5 Å². The summed E-state index contributed by atoms with van der Waals surface area (Å²) >= 11 is 12.1. The summed E-state index contributed by atoms with van der Waals surface area (Å²) in [7, 11) is 2.97. The molecule has 0 saturated carbocycles. The summed E-state index contributed by atoms with van der Waals surface area (Å²) in [5, 5.41) is 12.6. The zero-order valence-corrected chi connectivity index (χ0v) is 10.7. The summed E-state index contributed by atoms with van der Waals surface area (Å²) in [6.45, 7) is 1.55. The van der Waals surface area contributed by atoms with Crippen molar-refractivity contribution in [3.8, 4) is 11.5 Å². The largest absolute Gasteiger partial charge is 0.495 e. The van der Waals surface area contributed by atoms with Gasteiger partial charge in [0.15, 0.2) is 0 Å². The molecule has 0 aromatic heterocycles. The topological polar surface area (TPSA) is 50.7 Å². The lowest BCUT2D eigenvalue weighted by Crippen LogP contribution is -2.14. The summed E-state index contributed by atoms with van der Waals surface area (Å²) in [6, 6.07) is 1.58. The van der Waals surface area contributed by atoms with Crippen molar-refractivity contribution in [2.75, 3.05) is 19.5 Å². The fourth-order valence-electron chi connectivity index (χ4n) is 1.22. The van der Waals surface area contributed by atoms with Crippen LogP contribution < -0.4 is 14.8 Å². The second-order valence-electron chi connectivity index (χ2n) is 3.10. The Morgan fingerprint density at radius 2 is 1.62 bits per heavy atom. The highest BCUT2D eigenvalue weighted by Gasteiger charge is 2.17. The van der Waals surface area contributed by atoms with Gasteiger partial charge in [0.05, 0.1) is 19.9 Å². The van der Waals surface area contributed by atoms with E-state index in [1.807, 2.05) is 0 Å². The predicted octanol–water partition coefficient (Wildman–Crippen LogP) is 2.76. The fraction of sp³-hybridized carbons (Fsp3) is 0.400. The van der Waals surface area contributed by atoms with Crippen LogP contribution in [-0.2, 0) is 0 Å². The molecule has 0 aliphatic heterocycles. The molecule has 0 fully saturated rings. The number of hydrogen-bond acceptors (Lipinski definition) is 4. The molecule has 6 heteroatoms. The molecule has 16 heavy (non-hydrogen) atoms. The number of aliphatic hydroxyl groups excluding tert-OH is 1. The van der Waals surface area contributed by atoms with Crippen molar-refractivity contribution in [3.05, 3.63) is 16.1 Å². The van der Waals surface area contributed by atoms with Crippen LogP contribution in [0.3, 0.4) is 0 Å². The number of rotatable bonds is 4. The normalized spacial score (nSPS) is 12.1. The maximum Gasteiger partial charge on any atom is 0.143 e. The van der Waals surface area contributed by atoms with Gasteiger partial charge in [-0.3, -0.25) is 0 Å². The van der Waals surface area contributed by atoms with Gasteiger partial charge in [-0.2, -0.15) is 0 Å². The van der Waals surface area contributed by atoms with Crippen molar-refractivity contribution in [1.29, 1.82) is 0 Å². The average molecular weight is 266 g/mol. The molecule has 1 atom stereocenters. The Morgan fingerprint density at radius 3 is 1.94 bits per heavy atom. The van der Waals surface area contributed by atoms with E-state index in [-0.39, 0.29) is 0 Å². The molecule has 1 aromatic rings. The Bertz CT molecular complexity index is 355. The Kier molecular flexibility index (Phi) is 4.53. The summed E-state index contributed by atoms with van der Waals surface area (Å²) in [4.78, 5) is 0. The van der Waals surface area contributed by atoms with Gasteiger partial charge in [-0.1, -0.05) is 23.2 Å². The molecule has 0 aliphatic carbocycles. The Morgan fingerprint density at radius 1 is 1.19 bits per heavy atom. The zero-order chi connectivity index (χ0) is 12.3. The number of nitrogens with one attached hydrogen (secondary N) is 1. The van der Waals surface area contributed by atoms with Crippen molar-refractivity contribution >= 4 is 28.9 Å². The Labute approximate surface area is 104 Å². The Balaban J connectivity index is 3.31. The SMILES string of the molecule is COc1cc(OC)c(Cl)c(NC(C)O)c1Cl. The molecule has 2 N–H and O–H groups in total. The minimum absolute atomic E-state index is 0.300. The molecule has 0 radical (unpaired) electrons. The van der Waals surface area contributed by atoms with E-state index in [0.717, 1.165) is 0 Å². The van der Waals surface area contributed by atoms with Crippen LogP contribution in [0.25, 0.3) is 0 Å². The number of hydrogen-bond donors (Lipinski definition) is 2. The molecule has 0 saturated heterocycles. The van der Waals surface area contributed by atoms with Gasteiger partial charge in [0.25, 0.3) is 0 Å². The fourth-order valence-corrected chi connectivity index (χ4v) is 1.83. The van der Waals surface area contributed by atoms with E-state index < -0.39 is 6.23 Å². The van der Waals surface area contributed by atoms with E-state index in [2.05, 4.69) is 5.32 Å². The quantitative estimate of drug-likeness (QED) is 0.823. The number of aliphatic hydroxyl groups is 1. The van der Waals surface area contributed by atoms with E-state index >= 15 is 0 Å². The second-order valence-corrected chi connectivity index (χ2v) is 3.86. The van der Waals surface area contributed by atoms with Gasteiger partial charge in [-0.25, -0.2) is 0 Å². The first-order valence-corrected chi connectivity index (χ1v) is 5.31.